The molecule has 107 heavy (non-hydrogen) atoms. The molecule has 0 saturated carbocycles. The van der Waals surface area contributed by atoms with Gasteiger partial charge in [0.2, 0.25) is 29.7 Å². The van der Waals surface area contributed by atoms with Gasteiger partial charge in [0.1, 0.15) is 71.0 Å². The molecule has 3 aromatic heterocycles. The van der Waals surface area contributed by atoms with Crippen molar-refractivity contribution in [1.29, 1.82) is 0 Å². The van der Waals surface area contributed by atoms with E-state index in [1.807, 2.05) is 44.3 Å². The van der Waals surface area contributed by atoms with Crippen LogP contribution in [-0.4, -0.2) is 192 Å². The van der Waals surface area contributed by atoms with Gasteiger partial charge in [0.15, 0.2) is 5.82 Å². The predicted octanol–water partition coefficient (Wildman–Crippen LogP) is 8.42. The largest absolute Gasteiger partial charge is 0.496 e. The number of piperazine rings is 1. The van der Waals surface area contributed by atoms with Crippen LogP contribution < -0.4 is 45.9 Å². The summed E-state index contributed by atoms with van der Waals surface area (Å²) in [5.74, 6) is -4.02. The number of thiophene rings is 1. The van der Waals surface area contributed by atoms with E-state index in [0.29, 0.717) is 119 Å². The van der Waals surface area contributed by atoms with Crippen molar-refractivity contribution in [3.8, 4) is 56.1 Å². The number of fused-ring (bicyclic) bond motifs is 1. The van der Waals surface area contributed by atoms with Crippen LogP contribution in [0.15, 0.2) is 139 Å². The summed E-state index contributed by atoms with van der Waals surface area (Å²) in [4.78, 5) is 112. The number of aliphatic carboxylic acids is 1. The van der Waals surface area contributed by atoms with Crippen LogP contribution in [0.5, 0.6) is 23.1 Å². The van der Waals surface area contributed by atoms with E-state index in [9.17, 15) is 56.0 Å². The molecule has 0 radical (unpaired) electrons. The minimum absolute atomic E-state index is 0.0115. The minimum Gasteiger partial charge on any atom is -0.496 e. The predicted molar refractivity (Wildman–Crippen MR) is 396 cm³/mol. The van der Waals surface area contributed by atoms with Crippen LogP contribution in [0, 0.1) is 24.6 Å². The first-order valence-corrected chi connectivity index (χ1v) is 37.0. The maximum absolute atomic E-state index is 14.5. The molecule has 7 amide bonds. The zero-order chi connectivity index (χ0) is 76.7. The summed E-state index contributed by atoms with van der Waals surface area (Å²) < 4.78 is 81.9. The molecule has 2 aliphatic heterocycles. The highest BCUT2D eigenvalue weighted by atomic mass is 35.5. The first kappa shape index (κ1) is 79.0. The number of nitrogens with two attached hydrogens (primary N) is 1. The maximum Gasteiger partial charge on any atom is 0.345 e. The standard InChI is InChI=1S/C75H82ClFN12O16S2/c1-44(2)66(85-60(90)27-36-102-37-33-88-61(91)23-24-62(88)92)70(93)86-67(45(3)25-28-80-75(78)97)71(94)84-51-20-17-49(59(40-51)107(98,99)100)41-89(5)34-30-87(31-35-89)32-38-103-57-22-21-53(46(4)65(57)76)63-64-72(81-43-82-73(64)106-68(63)47-15-18-50(77)19-16-47)105-58(74(95)96)39-48-11-7-9-13-55(48)104-42-52-26-29-79-69(83-52)54-12-8-10-14-56(54)101-6/h7-24,26,29,40,43-45,58,66-67H,25,27-28,30-39,41-42H2,1-6H3,(H7-,78,80,84,85,86,90,93,94,95,96,97,98,99,100)/p+1/t45?,58-,66+,67+/m1/s1. The molecule has 8 aromatic rings. The fraction of sp³-hybridized carbons (Fsp3) is 0.347. The number of rotatable bonds is 35. The first-order chi connectivity index (χ1) is 51.2. The summed E-state index contributed by atoms with van der Waals surface area (Å²) >= 11 is 8.52. The number of anilines is 1. The van der Waals surface area contributed by atoms with Crippen LogP contribution in [0.25, 0.3) is 43.2 Å². The van der Waals surface area contributed by atoms with Gasteiger partial charge in [-0.15, -0.1) is 11.3 Å². The second-order valence-electron chi connectivity index (χ2n) is 26.4. The van der Waals surface area contributed by atoms with E-state index in [1.54, 1.807) is 82.6 Å². The molecule has 1 fully saturated rings. The van der Waals surface area contributed by atoms with Crippen LogP contribution in [0.4, 0.5) is 14.9 Å². The molecule has 1 unspecified atom stereocenters. The number of para-hydroxylation sites is 2. The Hall–Kier alpha value is -10.5. The third-order valence-electron chi connectivity index (χ3n) is 18.4. The lowest BCUT2D eigenvalue weighted by atomic mass is 9.95. The van der Waals surface area contributed by atoms with Crippen molar-refractivity contribution in [1.82, 2.24) is 45.7 Å². The number of nitrogens with one attached hydrogen (secondary N) is 4. The number of carboxylic acid groups (broad SMARTS) is 1. The molecule has 2 aliphatic rings. The van der Waals surface area contributed by atoms with E-state index >= 15 is 0 Å². The quantitative estimate of drug-likeness (QED) is 0.00847. The van der Waals surface area contributed by atoms with Gasteiger partial charge in [0, 0.05) is 79.1 Å². The summed E-state index contributed by atoms with van der Waals surface area (Å²) in [7, 11) is -1.34. The van der Waals surface area contributed by atoms with Crippen molar-refractivity contribution >= 4 is 90.5 Å². The number of primary amides is 1. The van der Waals surface area contributed by atoms with Crippen molar-refractivity contribution in [2.45, 2.75) is 83.2 Å². The number of nitrogens with zero attached hydrogens (tertiary/aromatic N) is 7. The summed E-state index contributed by atoms with van der Waals surface area (Å²) in [5.41, 5.74) is 9.82. The van der Waals surface area contributed by atoms with E-state index in [-0.39, 0.29) is 82.5 Å². The second-order valence-corrected chi connectivity index (χ2v) is 29.2. The zero-order valence-electron chi connectivity index (χ0n) is 59.6. The normalized spacial score (nSPS) is 14.8. The number of quaternary nitrogens is 1. The lowest BCUT2D eigenvalue weighted by Crippen LogP contribution is -2.57. The number of methoxy groups -OCH3 is 1. The molecule has 5 heterocycles. The van der Waals surface area contributed by atoms with E-state index in [1.165, 1.54) is 41.9 Å². The number of benzene rings is 5. The highest BCUT2D eigenvalue weighted by Crippen LogP contribution is 2.50. The fourth-order valence-corrected chi connectivity index (χ4v) is 14.6. The minimum atomic E-state index is -4.88. The number of hydrogen-bond acceptors (Lipinski definition) is 20. The van der Waals surface area contributed by atoms with Crippen molar-refractivity contribution in [2.75, 3.05) is 85.1 Å². The number of aromatic nitrogens is 4. The Morgan fingerprint density at radius 1 is 0.804 bits per heavy atom. The van der Waals surface area contributed by atoms with Crippen LogP contribution in [0.3, 0.4) is 0 Å². The first-order valence-electron chi connectivity index (χ1n) is 34.4. The summed E-state index contributed by atoms with van der Waals surface area (Å²) in [5, 5.41) is 22.1. The van der Waals surface area contributed by atoms with Gasteiger partial charge in [-0.05, 0) is 108 Å². The van der Waals surface area contributed by atoms with Gasteiger partial charge in [0.25, 0.3) is 21.9 Å². The highest BCUT2D eigenvalue weighted by Gasteiger charge is 2.36. The molecule has 564 valence electrons. The van der Waals surface area contributed by atoms with Gasteiger partial charge < -0.3 is 60.3 Å². The van der Waals surface area contributed by atoms with Crippen LogP contribution in [0.2, 0.25) is 5.02 Å². The number of carboxylic acids is 1. The lowest BCUT2D eigenvalue weighted by molar-refractivity contribution is -0.926. The number of amides is 7. The van der Waals surface area contributed by atoms with E-state index in [2.05, 4.69) is 41.1 Å². The molecule has 28 nitrogen and oxygen atoms in total. The van der Waals surface area contributed by atoms with Gasteiger partial charge in [-0.2, -0.15) is 8.42 Å². The Balaban J connectivity index is 0.777. The van der Waals surface area contributed by atoms with Crippen LogP contribution >= 0.6 is 22.9 Å². The molecule has 0 aliphatic carbocycles. The topological polar surface area (TPSA) is 372 Å². The number of ether oxygens (including phenoxy) is 5. The number of carbonyl (C=O) groups is 7. The second kappa shape index (κ2) is 35.7. The third-order valence-corrected chi connectivity index (χ3v) is 21.0. The Morgan fingerprint density at radius 2 is 1.52 bits per heavy atom. The van der Waals surface area contributed by atoms with Crippen LogP contribution in [-0.2, 0) is 63.2 Å². The van der Waals surface area contributed by atoms with E-state index < -0.39 is 92.4 Å². The molecular weight excluding hydrogens is 1440 g/mol. The Bertz CT molecular complexity index is 4730. The molecule has 0 bridgehead atoms. The number of carbonyl (C=O) groups excluding carboxylic acids is 6. The van der Waals surface area contributed by atoms with Gasteiger partial charge in [-0.25, -0.2) is 33.9 Å². The van der Waals surface area contributed by atoms with Crippen molar-refractivity contribution in [3.05, 3.63) is 167 Å². The maximum atomic E-state index is 14.5. The molecule has 0 spiro atoms. The fourth-order valence-electron chi connectivity index (χ4n) is 12.5. The number of halogens is 2. The SMILES string of the molecule is COc1ccccc1-c1nccc(COc2ccccc2C[C@@H](Oc2ncnc3sc(-c4ccc(F)cc4)c(-c4ccc(OCCN5CC[N+](C)(Cc6ccc(NC(=O)[C@@H](NC(=O)[C@@H](NC(=O)CCOCCN7C(=O)C=CC7=O)C(C)C)C(C)CCNC(N)=O)cc6S(=O)(=O)O)CC5)c(Cl)c4C)c23)C(=O)O)n1. The number of likely N-dealkylation sites (N-methyl/N-ethyl adjacent to an activating group) is 1. The monoisotopic (exact) mass is 1530 g/mol. The molecule has 4 atom stereocenters. The summed E-state index contributed by atoms with van der Waals surface area (Å²) in [6.07, 6.45) is 3.57. The average Bonchev–Trinajstić information content (AvgIpc) is 1.61. The van der Waals surface area contributed by atoms with Gasteiger partial charge in [0.05, 0.1) is 68.7 Å². The van der Waals surface area contributed by atoms with Gasteiger partial charge in [-0.3, -0.25) is 38.3 Å². The van der Waals surface area contributed by atoms with Crippen LogP contribution in [0.1, 0.15) is 56.0 Å². The molecular formula is C75H83ClFN12O16S2+. The van der Waals surface area contributed by atoms with Gasteiger partial charge >= 0.3 is 12.0 Å². The zero-order valence-corrected chi connectivity index (χ0v) is 62.0. The molecule has 8 N–H and O–H groups in total. The Kier molecular flexibility index (Phi) is 26.4. The average molecular weight is 1530 g/mol. The highest BCUT2D eigenvalue weighted by molar-refractivity contribution is 7.85. The molecule has 1 saturated heterocycles. The van der Waals surface area contributed by atoms with Gasteiger partial charge in [-0.1, -0.05) is 80.9 Å². The smallest absolute Gasteiger partial charge is 0.345 e. The molecule has 32 heteroatoms. The van der Waals surface area contributed by atoms with Crippen molar-refractivity contribution < 1.29 is 84.2 Å². The number of hydrogen-bond donors (Lipinski definition) is 7. The molecule has 10 rings (SSSR count). The van der Waals surface area contributed by atoms with Crippen molar-refractivity contribution in [3.63, 3.8) is 0 Å². The summed E-state index contributed by atoms with van der Waals surface area (Å²) in [6.45, 7) is 9.94. The Labute approximate surface area is 626 Å². The molecule has 5 aromatic carbocycles. The number of urea groups is 1. The van der Waals surface area contributed by atoms with E-state index in [0.717, 1.165) is 23.1 Å². The van der Waals surface area contributed by atoms with Crippen molar-refractivity contribution in [2.24, 2.45) is 17.6 Å². The number of imide groups is 1. The summed E-state index contributed by atoms with van der Waals surface area (Å²) in [6, 6.07) is 26.6. The van der Waals surface area contributed by atoms with E-state index in [4.69, 9.17) is 46.0 Å². The lowest BCUT2D eigenvalue weighted by Gasteiger charge is -2.42. The third kappa shape index (κ3) is 20.3. The Morgan fingerprint density at radius 3 is 2.22 bits per heavy atom.